The van der Waals surface area contributed by atoms with Crippen molar-refractivity contribution < 1.29 is 9.18 Å². The van der Waals surface area contributed by atoms with Crippen molar-refractivity contribution in [3.05, 3.63) is 52.5 Å². The van der Waals surface area contributed by atoms with Crippen LogP contribution >= 0.6 is 11.3 Å². The Bertz CT molecular complexity index is 525. The fourth-order valence-corrected chi connectivity index (χ4v) is 2.38. The molecule has 2 N–H and O–H groups in total. The molecule has 2 rings (SSSR count). The smallest absolute Gasteiger partial charge is 0.238 e. The van der Waals surface area contributed by atoms with Crippen molar-refractivity contribution in [1.29, 1.82) is 0 Å². The van der Waals surface area contributed by atoms with Crippen LogP contribution in [0, 0.1) is 5.82 Å². The summed E-state index contributed by atoms with van der Waals surface area (Å²) in [5, 5.41) is 9.90. The molecule has 2 aromatic rings. The number of thiophene rings is 1. The molecule has 1 unspecified atom stereocenters. The Morgan fingerprint density at radius 2 is 2.05 bits per heavy atom. The van der Waals surface area contributed by atoms with Crippen LogP contribution in [0.15, 0.2) is 41.1 Å². The Balaban J connectivity index is 1.80. The number of anilines is 1. The van der Waals surface area contributed by atoms with Crippen molar-refractivity contribution in [2.24, 2.45) is 0 Å². The summed E-state index contributed by atoms with van der Waals surface area (Å²) in [5.41, 5.74) is 1.76. The van der Waals surface area contributed by atoms with Crippen LogP contribution in [0.3, 0.4) is 0 Å². The molecule has 0 spiro atoms. The van der Waals surface area contributed by atoms with E-state index in [0.29, 0.717) is 5.69 Å². The maximum Gasteiger partial charge on any atom is 0.238 e. The topological polar surface area (TPSA) is 41.1 Å². The van der Waals surface area contributed by atoms with Crippen LogP contribution in [-0.2, 0) is 4.79 Å². The van der Waals surface area contributed by atoms with E-state index in [4.69, 9.17) is 0 Å². The van der Waals surface area contributed by atoms with Gasteiger partial charge in [0.1, 0.15) is 5.82 Å². The molecular formula is C14H15FN2OS. The van der Waals surface area contributed by atoms with Gasteiger partial charge in [0.25, 0.3) is 0 Å². The number of amides is 1. The molecule has 1 heterocycles. The molecular weight excluding hydrogens is 263 g/mol. The second kappa shape index (κ2) is 6.45. The molecule has 0 bridgehead atoms. The number of hydrogen-bond acceptors (Lipinski definition) is 3. The Labute approximate surface area is 115 Å². The summed E-state index contributed by atoms with van der Waals surface area (Å²) in [6.07, 6.45) is 0. The SMILES string of the molecule is CC(NCC(=O)Nc1ccc(F)cc1)c1ccsc1. The van der Waals surface area contributed by atoms with Crippen molar-refractivity contribution in [2.75, 3.05) is 11.9 Å². The molecule has 3 nitrogen and oxygen atoms in total. The Morgan fingerprint density at radius 3 is 2.68 bits per heavy atom. The molecule has 1 aromatic carbocycles. The van der Waals surface area contributed by atoms with Crippen LogP contribution in [0.4, 0.5) is 10.1 Å². The zero-order valence-electron chi connectivity index (χ0n) is 10.5. The van der Waals surface area contributed by atoms with E-state index in [0.717, 1.165) is 0 Å². The van der Waals surface area contributed by atoms with Crippen LogP contribution in [0.1, 0.15) is 18.5 Å². The highest BCUT2D eigenvalue weighted by molar-refractivity contribution is 7.07. The van der Waals surface area contributed by atoms with Crippen LogP contribution in [-0.4, -0.2) is 12.5 Å². The summed E-state index contributed by atoms with van der Waals surface area (Å²) in [7, 11) is 0. The lowest BCUT2D eigenvalue weighted by Gasteiger charge is -2.12. The average Bonchev–Trinajstić information content (AvgIpc) is 2.93. The first kappa shape index (κ1) is 13.7. The predicted molar refractivity (Wildman–Crippen MR) is 75.8 cm³/mol. The zero-order chi connectivity index (χ0) is 13.7. The third-order valence-electron chi connectivity index (χ3n) is 2.74. The molecule has 1 atom stereocenters. The van der Waals surface area contributed by atoms with E-state index in [-0.39, 0.29) is 24.3 Å². The van der Waals surface area contributed by atoms with Gasteiger partial charge < -0.3 is 10.6 Å². The minimum atomic E-state index is -0.317. The van der Waals surface area contributed by atoms with Crippen molar-refractivity contribution >= 4 is 22.9 Å². The van der Waals surface area contributed by atoms with Crippen LogP contribution in [0.2, 0.25) is 0 Å². The summed E-state index contributed by atoms with van der Waals surface area (Å²) in [5.74, 6) is -0.462. The highest BCUT2D eigenvalue weighted by Crippen LogP contribution is 2.15. The van der Waals surface area contributed by atoms with Gasteiger partial charge in [-0.05, 0) is 53.6 Å². The minimum Gasteiger partial charge on any atom is -0.325 e. The first-order chi connectivity index (χ1) is 9.15. The highest BCUT2D eigenvalue weighted by atomic mass is 32.1. The summed E-state index contributed by atoms with van der Waals surface area (Å²) >= 11 is 1.63. The number of carbonyl (C=O) groups is 1. The molecule has 0 aliphatic heterocycles. The lowest BCUT2D eigenvalue weighted by atomic mass is 10.2. The van der Waals surface area contributed by atoms with Crippen LogP contribution in [0.5, 0.6) is 0 Å². The van der Waals surface area contributed by atoms with Gasteiger partial charge >= 0.3 is 0 Å². The Morgan fingerprint density at radius 1 is 1.32 bits per heavy atom. The normalized spacial score (nSPS) is 12.1. The van der Waals surface area contributed by atoms with Gasteiger partial charge in [-0.3, -0.25) is 4.79 Å². The van der Waals surface area contributed by atoms with Gasteiger partial charge in [0.05, 0.1) is 6.54 Å². The summed E-state index contributed by atoms with van der Waals surface area (Å²) in [4.78, 5) is 11.7. The van der Waals surface area contributed by atoms with Gasteiger partial charge in [0, 0.05) is 11.7 Å². The van der Waals surface area contributed by atoms with E-state index in [1.54, 1.807) is 11.3 Å². The van der Waals surface area contributed by atoms with E-state index in [9.17, 15) is 9.18 Å². The number of hydrogen-bond donors (Lipinski definition) is 2. The number of carbonyl (C=O) groups excluding carboxylic acids is 1. The second-order valence-corrected chi connectivity index (χ2v) is 4.99. The third-order valence-corrected chi connectivity index (χ3v) is 3.44. The lowest BCUT2D eigenvalue weighted by Crippen LogP contribution is -2.29. The monoisotopic (exact) mass is 278 g/mol. The lowest BCUT2D eigenvalue weighted by molar-refractivity contribution is -0.115. The zero-order valence-corrected chi connectivity index (χ0v) is 11.3. The maximum absolute atomic E-state index is 12.7. The molecule has 0 aliphatic rings. The van der Waals surface area contributed by atoms with Crippen molar-refractivity contribution in [2.45, 2.75) is 13.0 Å². The molecule has 1 amide bonds. The highest BCUT2D eigenvalue weighted by Gasteiger charge is 2.08. The predicted octanol–water partition coefficient (Wildman–Crippen LogP) is 3.18. The number of rotatable bonds is 5. The standard InChI is InChI=1S/C14H15FN2OS/c1-10(11-6-7-19-9-11)16-8-14(18)17-13-4-2-12(15)3-5-13/h2-7,9-10,16H,8H2,1H3,(H,17,18). The Kier molecular flexibility index (Phi) is 4.65. The van der Waals surface area contributed by atoms with E-state index < -0.39 is 0 Å². The van der Waals surface area contributed by atoms with Crippen molar-refractivity contribution in [1.82, 2.24) is 5.32 Å². The van der Waals surface area contributed by atoms with E-state index in [2.05, 4.69) is 16.0 Å². The largest absolute Gasteiger partial charge is 0.325 e. The maximum atomic E-state index is 12.7. The molecule has 0 fully saturated rings. The van der Waals surface area contributed by atoms with Crippen molar-refractivity contribution in [3.8, 4) is 0 Å². The summed E-state index contributed by atoms with van der Waals surface area (Å²) in [6, 6.07) is 7.87. The van der Waals surface area contributed by atoms with Gasteiger partial charge in [-0.15, -0.1) is 0 Å². The molecule has 5 heteroatoms. The molecule has 0 radical (unpaired) electrons. The van der Waals surface area contributed by atoms with Gasteiger partial charge in [0.2, 0.25) is 5.91 Å². The Hall–Kier alpha value is -1.72. The number of halogens is 1. The van der Waals surface area contributed by atoms with Gasteiger partial charge in [-0.1, -0.05) is 0 Å². The fourth-order valence-electron chi connectivity index (χ4n) is 1.62. The van der Waals surface area contributed by atoms with Gasteiger partial charge in [-0.25, -0.2) is 4.39 Å². The second-order valence-electron chi connectivity index (χ2n) is 4.21. The number of nitrogens with one attached hydrogen (secondary N) is 2. The first-order valence-electron chi connectivity index (χ1n) is 5.96. The molecule has 1 aromatic heterocycles. The molecule has 0 saturated carbocycles. The van der Waals surface area contributed by atoms with Crippen LogP contribution < -0.4 is 10.6 Å². The first-order valence-corrected chi connectivity index (χ1v) is 6.90. The fraction of sp³-hybridized carbons (Fsp3) is 0.214. The van der Waals surface area contributed by atoms with Crippen LogP contribution in [0.25, 0.3) is 0 Å². The summed E-state index contributed by atoms with van der Waals surface area (Å²) < 4.78 is 12.7. The minimum absolute atomic E-state index is 0.130. The van der Waals surface area contributed by atoms with Crippen molar-refractivity contribution in [3.63, 3.8) is 0 Å². The average molecular weight is 278 g/mol. The van der Waals surface area contributed by atoms with Gasteiger partial charge in [0.15, 0.2) is 0 Å². The summed E-state index contributed by atoms with van der Waals surface area (Å²) in [6.45, 7) is 2.22. The van der Waals surface area contributed by atoms with Gasteiger partial charge in [-0.2, -0.15) is 11.3 Å². The van der Waals surface area contributed by atoms with E-state index in [1.807, 2.05) is 18.4 Å². The molecule has 0 aliphatic carbocycles. The number of benzene rings is 1. The molecule has 19 heavy (non-hydrogen) atoms. The third kappa shape index (κ3) is 4.15. The molecule has 100 valence electrons. The van der Waals surface area contributed by atoms with E-state index >= 15 is 0 Å². The van der Waals surface area contributed by atoms with E-state index in [1.165, 1.54) is 29.8 Å². The molecule has 0 saturated heterocycles. The quantitative estimate of drug-likeness (QED) is 0.882.